The summed E-state index contributed by atoms with van der Waals surface area (Å²) in [6.07, 6.45) is 1.92. The smallest absolute Gasteiger partial charge is 0.202 e. The number of thiophene rings is 1. The molecule has 0 aliphatic heterocycles. The van der Waals surface area contributed by atoms with Crippen LogP contribution in [0.5, 0.6) is 0 Å². The van der Waals surface area contributed by atoms with Crippen LogP contribution >= 0.6 is 38.8 Å². The van der Waals surface area contributed by atoms with Crippen LogP contribution in [0, 0.1) is 0 Å². The van der Waals surface area contributed by atoms with E-state index in [4.69, 9.17) is 0 Å². The predicted octanol–water partition coefficient (Wildman–Crippen LogP) is 3.58. The highest BCUT2D eigenvalue weighted by molar-refractivity contribution is 9.11. The summed E-state index contributed by atoms with van der Waals surface area (Å²) in [5.41, 5.74) is 0. The van der Waals surface area contributed by atoms with Gasteiger partial charge in [0.15, 0.2) is 0 Å². The van der Waals surface area contributed by atoms with Crippen LogP contribution in [0.1, 0.15) is 17.6 Å². The van der Waals surface area contributed by atoms with Crippen molar-refractivity contribution in [3.05, 3.63) is 26.6 Å². The fourth-order valence-electron chi connectivity index (χ4n) is 1.25. The van der Waals surface area contributed by atoms with E-state index in [-0.39, 0.29) is 0 Å². The lowest BCUT2D eigenvalue weighted by atomic mass is 10.3. The third-order valence-corrected chi connectivity index (χ3v) is 4.45. The van der Waals surface area contributed by atoms with Gasteiger partial charge in [-0.05, 0) is 34.5 Å². The zero-order valence-electron chi connectivity index (χ0n) is 8.86. The minimum atomic E-state index is 0.899. The van der Waals surface area contributed by atoms with E-state index in [0.29, 0.717) is 0 Å². The second-order valence-corrected chi connectivity index (χ2v) is 6.55. The molecule has 0 amide bonds. The molecule has 3 nitrogen and oxygen atoms in total. The minimum absolute atomic E-state index is 0.899. The van der Waals surface area contributed by atoms with E-state index in [1.165, 1.54) is 20.2 Å². The van der Waals surface area contributed by atoms with Crippen molar-refractivity contribution in [1.29, 1.82) is 0 Å². The molecule has 16 heavy (non-hydrogen) atoms. The Morgan fingerprint density at radius 2 is 2.31 bits per heavy atom. The molecule has 86 valence electrons. The molecule has 0 atom stereocenters. The van der Waals surface area contributed by atoms with Crippen molar-refractivity contribution in [2.24, 2.45) is 0 Å². The number of aromatic nitrogens is 2. The number of hydrogen-bond acceptors (Lipinski definition) is 5. The molecule has 6 heteroatoms. The number of aryl methyl sites for hydroxylation is 1. The van der Waals surface area contributed by atoms with Crippen molar-refractivity contribution >= 4 is 43.9 Å². The van der Waals surface area contributed by atoms with Gasteiger partial charge < -0.3 is 5.32 Å². The maximum absolute atomic E-state index is 4.36. The lowest BCUT2D eigenvalue weighted by Crippen LogP contribution is -2.03. The second-order valence-electron chi connectivity index (χ2n) is 3.25. The van der Waals surface area contributed by atoms with Crippen LogP contribution in [0.15, 0.2) is 15.9 Å². The molecular weight excluding hydrogens is 306 g/mol. The van der Waals surface area contributed by atoms with Gasteiger partial charge in [-0.2, -0.15) is 4.37 Å². The van der Waals surface area contributed by atoms with Crippen molar-refractivity contribution in [2.45, 2.75) is 19.8 Å². The Hall–Kier alpha value is -0.460. The number of nitrogens with one attached hydrogen (secondary N) is 1. The highest BCUT2D eigenvalue weighted by atomic mass is 79.9. The Morgan fingerprint density at radius 1 is 1.44 bits per heavy atom. The molecule has 0 aliphatic carbocycles. The van der Waals surface area contributed by atoms with Gasteiger partial charge in [-0.25, -0.2) is 4.98 Å². The number of hydrogen-bond donors (Lipinski definition) is 1. The first kappa shape index (κ1) is 12.0. The first-order chi connectivity index (χ1) is 7.78. The van der Waals surface area contributed by atoms with Gasteiger partial charge in [0.2, 0.25) is 5.13 Å². The van der Waals surface area contributed by atoms with Crippen molar-refractivity contribution < 1.29 is 0 Å². The average Bonchev–Trinajstić information content (AvgIpc) is 2.88. The molecule has 0 radical (unpaired) electrons. The molecule has 0 unspecified atom stereocenters. The standard InChI is InChI=1S/C10H12BrN3S2/c1-2-9-13-10(16-14-9)12-6-5-7-3-4-8(11)15-7/h3-4H,2,5-6H2,1H3,(H,12,13,14). The summed E-state index contributed by atoms with van der Waals surface area (Å²) < 4.78 is 5.41. The second kappa shape index (κ2) is 5.75. The van der Waals surface area contributed by atoms with Crippen molar-refractivity contribution in [1.82, 2.24) is 9.36 Å². The Balaban J connectivity index is 1.79. The summed E-state index contributed by atoms with van der Waals surface area (Å²) in [4.78, 5) is 5.73. The lowest BCUT2D eigenvalue weighted by molar-refractivity contribution is 0.984. The van der Waals surface area contributed by atoms with Crippen LogP contribution in [0.4, 0.5) is 5.13 Å². The molecule has 0 aliphatic rings. The molecule has 0 bridgehead atoms. The van der Waals surface area contributed by atoms with Gasteiger partial charge in [0, 0.05) is 29.4 Å². The highest BCUT2D eigenvalue weighted by Crippen LogP contribution is 2.22. The van der Waals surface area contributed by atoms with Crippen LogP contribution < -0.4 is 5.32 Å². The normalized spacial score (nSPS) is 10.6. The Labute approximate surface area is 111 Å². The van der Waals surface area contributed by atoms with Gasteiger partial charge >= 0.3 is 0 Å². The summed E-state index contributed by atoms with van der Waals surface area (Å²) >= 11 is 6.67. The first-order valence-electron chi connectivity index (χ1n) is 5.08. The zero-order chi connectivity index (χ0) is 11.4. The van der Waals surface area contributed by atoms with E-state index < -0.39 is 0 Å². The summed E-state index contributed by atoms with van der Waals surface area (Å²) in [6, 6.07) is 4.23. The lowest BCUT2D eigenvalue weighted by Gasteiger charge is -1.99. The molecule has 2 rings (SSSR count). The molecule has 0 aromatic carbocycles. The molecular formula is C10H12BrN3S2. The van der Waals surface area contributed by atoms with Crippen LogP contribution in [0.25, 0.3) is 0 Å². The number of anilines is 1. The Bertz CT molecular complexity index is 452. The van der Waals surface area contributed by atoms with E-state index >= 15 is 0 Å². The predicted molar refractivity (Wildman–Crippen MR) is 73.5 cm³/mol. The highest BCUT2D eigenvalue weighted by Gasteiger charge is 2.02. The number of nitrogens with zero attached hydrogens (tertiary/aromatic N) is 2. The quantitative estimate of drug-likeness (QED) is 0.916. The SMILES string of the molecule is CCc1nsc(NCCc2ccc(Br)s2)n1. The molecule has 0 fully saturated rings. The molecule has 2 heterocycles. The van der Waals surface area contributed by atoms with Gasteiger partial charge in [-0.15, -0.1) is 11.3 Å². The fraction of sp³-hybridized carbons (Fsp3) is 0.400. The van der Waals surface area contributed by atoms with E-state index in [0.717, 1.165) is 30.3 Å². The van der Waals surface area contributed by atoms with Gasteiger partial charge in [-0.3, -0.25) is 0 Å². The summed E-state index contributed by atoms with van der Waals surface area (Å²) in [6.45, 7) is 2.97. The van der Waals surface area contributed by atoms with E-state index in [1.54, 1.807) is 11.3 Å². The van der Waals surface area contributed by atoms with E-state index in [1.807, 2.05) is 0 Å². The fourth-order valence-corrected chi connectivity index (χ4v) is 3.41. The van der Waals surface area contributed by atoms with Crippen molar-refractivity contribution in [3.8, 4) is 0 Å². The molecule has 0 saturated carbocycles. The van der Waals surface area contributed by atoms with Crippen LogP contribution in [-0.4, -0.2) is 15.9 Å². The monoisotopic (exact) mass is 317 g/mol. The van der Waals surface area contributed by atoms with Crippen LogP contribution in [0.2, 0.25) is 0 Å². The minimum Gasteiger partial charge on any atom is -0.360 e. The van der Waals surface area contributed by atoms with E-state index in [9.17, 15) is 0 Å². The van der Waals surface area contributed by atoms with Crippen LogP contribution in [-0.2, 0) is 12.8 Å². The van der Waals surface area contributed by atoms with Gasteiger partial charge in [0.05, 0.1) is 3.79 Å². The third-order valence-electron chi connectivity index (χ3n) is 2.06. The van der Waals surface area contributed by atoms with Crippen molar-refractivity contribution in [3.63, 3.8) is 0 Å². The Kier molecular flexibility index (Phi) is 4.31. The van der Waals surface area contributed by atoms with Gasteiger partial charge in [0.1, 0.15) is 5.82 Å². The number of halogens is 1. The van der Waals surface area contributed by atoms with E-state index in [2.05, 4.69) is 49.7 Å². The Morgan fingerprint density at radius 3 is 2.94 bits per heavy atom. The summed E-state index contributed by atoms with van der Waals surface area (Å²) in [5.74, 6) is 0.923. The van der Waals surface area contributed by atoms with Crippen LogP contribution in [0.3, 0.4) is 0 Å². The summed E-state index contributed by atoms with van der Waals surface area (Å²) in [7, 11) is 0. The largest absolute Gasteiger partial charge is 0.360 e. The summed E-state index contributed by atoms with van der Waals surface area (Å²) in [5, 5.41) is 4.22. The molecule has 2 aromatic heterocycles. The molecule has 0 spiro atoms. The molecule has 0 saturated heterocycles. The maximum Gasteiger partial charge on any atom is 0.202 e. The zero-order valence-corrected chi connectivity index (χ0v) is 12.1. The number of rotatable bonds is 5. The maximum atomic E-state index is 4.36. The topological polar surface area (TPSA) is 37.8 Å². The average molecular weight is 318 g/mol. The van der Waals surface area contributed by atoms with Gasteiger partial charge in [-0.1, -0.05) is 6.92 Å². The molecule has 2 aromatic rings. The third kappa shape index (κ3) is 3.26. The molecule has 1 N–H and O–H groups in total. The van der Waals surface area contributed by atoms with Crippen molar-refractivity contribution in [2.75, 3.05) is 11.9 Å². The van der Waals surface area contributed by atoms with Gasteiger partial charge in [0.25, 0.3) is 0 Å². The first-order valence-corrected chi connectivity index (χ1v) is 7.47.